The van der Waals surface area contributed by atoms with Crippen LogP contribution in [0.4, 0.5) is 0 Å². The Hall–Kier alpha value is -4.58. The fourth-order valence-corrected chi connectivity index (χ4v) is 5.96. The van der Waals surface area contributed by atoms with E-state index in [0.29, 0.717) is 19.0 Å². The number of fused-ring (bicyclic) bond motifs is 2. The Labute approximate surface area is 247 Å². The molecule has 6 nitrogen and oxygen atoms in total. The third-order valence-electron chi connectivity index (χ3n) is 7.90. The minimum atomic E-state index is -0.201. The summed E-state index contributed by atoms with van der Waals surface area (Å²) in [6.45, 7) is 5.11. The van der Waals surface area contributed by atoms with Gasteiger partial charge in [0, 0.05) is 5.92 Å². The van der Waals surface area contributed by atoms with Gasteiger partial charge in [0.2, 0.25) is 0 Å². The van der Waals surface area contributed by atoms with Crippen LogP contribution in [0.3, 0.4) is 0 Å². The van der Waals surface area contributed by atoms with Crippen molar-refractivity contribution in [3.8, 4) is 17.2 Å². The average molecular weight is 561 g/mol. The fourth-order valence-electron chi connectivity index (χ4n) is 5.96. The van der Waals surface area contributed by atoms with E-state index in [2.05, 4.69) is 36.4 Å². The fraction of sp³-hybridized carbons (Fsp3) is 0.278. The van der Waals surface area contributed by atoms with Crippen molar-refractivity contribution in [2.75, 3.05) is 19.8 Å². The number of nitrogens with zero attached hydrogens (tertiary/aromatic N) is 2. The SMILES string of the molecule is CCOc1ccc(/C=C2/CCC[C@@H]3C2=NN(C(=O)COc2ccc4ccccc4c2)[C@@H]3c2ccc(OCC)cc2)cc1. The van der Waals surface area contributed by atoms with Gasteiger partial charge in [-0.3, -0.25) is 4.79 Å². The van der Waals surface area contributed by atoms with Crippen molar-refractivity contribution in [2.24, 2.45) is 11.0 Å². The van der Waals surface area contributed by atoms with E-state index in [1.807, 2.05) is 74.5 Å². The highest BCUT2D eigenvalue weighted by Crippen LogP contribution is 2.44. The molecule has 0 unspecified atom stereocenters. The summed E-state index contributed by atoms with van der Waals surface area (Å²) in [5, 5.41) is 8.88. The molecule has 1 heterocycles. The summed E-state index contributed by atoms with van der Waals surface area (Å²) >= 11 is 0. The minimum Gasteiger partial charge on any atom is -0.494 e. The number of rotatable bonds is 9. The molecular formula is C36H36N2O4. The molecule has 42 heavy (non-hydrogen) atoms. The first-order valence-electron chi connectivity index (χ1n) is 14.8. The van der Waals surface area contributed by atoms with Gasteiger partial charge in [0.1, 0.15) is 17.2 Å². The summed E-state index contributed by atoms with van der Waals surface area (Å²) < 4.78 is 17.3. The molecule has 0 spiro atoms. The number of hydrogen-bond acceptors (Lipinski definition) is 5. The maximum absolute atomic E-state index is 13.8. The van der Waals surface area contributed by atoms with E-state index in [-0.39, 0.29) is 24.5 Å². The Morgan fingerprint density at radius 3 is 2.21 bits per heavy atom. The van der Waals surface area contributed by atoms with E-state index >= 15 is 0 Å². The van der Waals surface area contributed by atoms with Gasteiger partial charge >= 0.3 is 0 Å². The molecular weight excluding hydrogens is 524 g/mol. The molecule has 0 saturated heterocycles. The van der Waals surface area contributed by atoms with Crippen LogP contribution in [-0.4, -0.2) is 36.4 Å². The van der Waals surface area contributed by atoms with Gasteiger partial charge in [-0.05, 0) is 103 Å². The molecule has 6 heteroatoms. The molecule has 1 saturated carbocycles. The Balaban J connectivity index is 1.29. The number of carbonyl (C=O) groups is 1. The van der Waals surface area contributed by atoms with Crippen molar-refractivity contribution < 1.29 is 19.0 Å². The van der Waals surface area contributed by atoms with Gasteiger partial charge in [-0.15, -0.1) is 0 Å². The van der Waals surface area contributed by atoms with Gasteiger partial charge in [0.05, 0.1) is 25.0 Å². The van der Waals surface area contributed by atoms with Crippen LogP contribution >= 0.6 is 0 Å². The zero-order chi connectivity index (χ0) is 28.9. The van der Waals surface area contributed by atoms with Gasteiger partial charge in [-0.25, -0.2) is 5.01 Å². The quantitative estimate of drug-likeness (QED) is 0.209. The maximum atomic E-state index is 13.8. The summed E-state index contributed by atoms with van der Waals surface area (Å²) in [5.74, 6) is 2.29. The third-order valence-corrected chi connectivity index (χ3v) is 7.90. The van der Waals surface area contributed by atoms with Crippen molar-refractivity contribution in [3.63, 3.8) is 0 Å². The number of ether oxygens (including phenoxy) is 3. The van der Waals surface area contributed by atoms with E-state index in [1.54, 1.807) is 5.01 Å². The molecule has 2 atom stereocenters. The van der Waals surface area contributed by atoms with E-state index < -0.39 is 0 Å². The molecule has 4 aromatic rings. The Bertz CT molecular complexity index is 1610. The first kappa shape index (κ1) is 27.6. The van der Waals surface area contributed by atoms with Crippen LogP contribution in [0, 0.1) is 5.92 Å². The Morgan fingerprint density at radius 1 is 0.833 bits per heavy atom. The Kier molecular flexibility index (Phi) is 8.22. The highest BCUT2D eigenvalue weighted by atomic mass is 16.5. The zero-order valence-electron chi connectivity index (χ0n) is 24.2. The van der Waals surface area contributed by atoms with Crippen molar-refractivity contribution in [2.45, 2.75) is 39.2 Å². The smallest absolute Gasteiger partial charge is 0.281 e. The van der Waals surface area contributed by atoms with Crippen LogP contribution in [0.2, 0.25) is 0 Å². The van der Waals surface area contributed by atoms with E-state index in [1.165, 1.54) is 5.57 Å². The lowest BCUT2D eigenvalue weighted by Gasteiger charge is -2.29. The molecule has 214 valence electrons. The third kappa shape index (κ3) is 5.89. The minimum absolute atomic E-state index is 0.0900. The number of allylic oxidation sites excluding steroid dienone is 1. The summed E-state index contributed by atoms with van der Waals surface area (Å²) in [6, 6.07) is 30.0. The Morgan fingerprint density at radius 2 is 1.50 bits per heavy atom. The lowest BCUT2D eigenvalue weighted by Crippen LogP contribution is -2.34. The molecule has 6 rings (SSSR count). The van der Waals surface area contributed by atoms with Gasteiger partial charge in [-0.1, -0.05) is 54.6 Å². The van der Waals surface area contributed by atoms with Gasteiger partial charge in [-0.2, -0.15) is 5.10 Å². The predicted molar refractivity (Wildman–Crippen MR) is 167 cm³/mol. The second kappa shape index (κ2) is 12.5. The zero-order valence-corrected chi connectivity index (χ0v) is 24.2. The first-order valence-corrected chi connectivity index (χ1v) is 14.8. The second-order valence-corrected chi connectivity index (χ2v) is 10.6. The number of hydrazone groups is 1. The topological polar surface area (TPSA) is 60.4 Å². The second-order valence-electron chi connectivity index (χ2n) is 10.6. The molecule has 1 amide bonds. The molecule has 4 aromatic carbocycles. The normalized spacial score (nSPS) is 19.0. The molecule has 0 bridgehead atoms. The van der Waals surface area contributed by atoms with Crippen LogP contribution in [0.1, 0.15) is 50.3 Å². The van der Waals surface area contributed by atoms with Gasteiger partial charge in [0.15, 0.2) is 6.61 Å². The van der Waals surface area contributed by atoms with Crippen molar-refractivity contribution in [1.29, 1.82) is 0 Å². The van der Waals surface area contributed by atoms with Crippen molar-refractivity contribution in [1.82, 2.24) is 5.01 Å². The van der Waals surface area contributed by atoms with Crippen molar-refractivity contribution in [3.05, 3.63) is 108 Å². The molecule has 0 radical (unpaired) electrons. The highest BCUT2D eigenvalue weighted by molar-refractivity contribution is 6.08. The summed E-state index contributed by atoms with van der Waals surface area (Å²) in [5.41, 5.74) is 4.31. The highest BCUT2D eigenvalue weighted by Gasteiger charge is 2.43. The first-order chi connectivity index (χ1) is 20.6. The number of carbonyl (C=O) groups excluding carboxylic acids is 1. The van der Waals surface area contributed by atoms with Crippen LogP contribution in [-0.2, 0) is 4.79 Å². The maximum Gasteiger partial charge on any atom is 0.281 e. The molecule has 2 aliphatic rings. The largest absolute Gasteiger partial charge is 0.494 e. The molecule has 1 fully saturated rings. The number of amides is 1. The van der Waals surface area contributed by atoms with E-state index in [4.69, 9.17) is 19.3 Å². The lowest BCUT2D eigenvalue weighted by molar-refractivity contribution is -0.135. The number of benzene rings is 4. The van der Waals surface area contributed by atoms with E-state index in [0.717, 1.165) is 58.4 Å². The van der Waals surface area contributed by atoms with Crippen molar-refractivity contribution >= 4 is 28.5 Å². The van der Waals surface area contributed by atoms with E-state index in [9.17, 15) is 4.79 Å². The predicted octanol–water partition coefficient (Wildman–Crippen LogP) is 7.84. The van der Waals surface area contributed by atoms with Crippen LogP contribution in [0.25, 0.3) is 16.8 Å². The molecule has 0 aromatic heterocycles. The van der Waals surface area contributed by atoms with Gasteiger partial charge < -0.3 is 14.2 Å². The molecule has 1 aliphatic carbocycles. The van der Waals surface area contributed by atoms with Gasteiger partial charge in [0.25, 0.3) is 5.91 Å². The van der Waals surface area contributed by atoms with Crippen LogP contribution in [0.15, 0.2) is 102 Å². The van der Waals surface area contributed by atoms with Crippen LogP contribution in [0.5, 0.6) is 17.2 Å². The monoisotopic (exact) mass is 560 g/mol. The lowest BCUT2D eigenvalue weighted by atomic mass is 9.77. The molecule has 1 aliphatic heterocycles. The summed E-state index contributed by atoms with van der Waals surface area (Å²) in [6.07, 6.45) is 5.13. The van der Waals surface area contributed by atoms with Crippen LogP contribution < -0.4 is 14.2 Å². The average Bonchev–Trinajstić information content (AvgIpc) is 3.42. The summed E-state index contributed by atoms with van der Waals surface area (Å²) in [7, 11) is 0. The molecule has 0 N–H and O–H groups in total. The number of hydrogen-bond donors (Lipinski definition) is 0. The standard InChI is InChI=1S/C36H36N2O4/c1-3-40-30-17-12-25(13-18-30)22-29-10-7-11-33-35(29)37-38(36(33)27-15-19-31(20-16-27)41-4-2)34(39)24-42-32-21-14-26-8-5-6-9-28(26)23-32/h5-6,8-9,12-23,33,36H,3-4,7,10-11,24H2,1-2H3/b29-22-/t33-,36-/m1/s1. The summed E-state index contributed by atoms with van der Waals surface area (Å²) in [4.78, 5) is 13.8.